The van der Waals surface area contributed by atoms with Crippen LogP contribution < -0.4 is 5.32 Å². The SMILES string of the molecule is Cc1ccc([C@@H](C)NC(=O)N(C)[C@@H](C)c2cccnc2)cc1[N+](=O)[O-]. The molecule has 7 nitrogen and oxygen atoms in total. The quantitative estimate of drug-likeness (QED) is 0.662. The van der Waals surface area contributed by atoms with E-state index in [0.29, 0.717) is 11.1 Å². The molecule has 2 amide bonds. The normalized spacial score (nSPS) is 13.0. The van der Waals surface area contributed by atoms with Crippen molar-refractivity contribution >= 4 is 11.7 Å². The van der Waals surface area contributed by atoms with E-state index in [2.05, 4.69) is 10.3 Å². The van der Waals surface area contributed by atoms with Gasteiger partial charge in [0.25, 0.3) is 5.69 Å². The van der Waals surface area contributed by atoms with E-state index in [-0.39, 0.29) is 23.8 Å². The number of rotatable bonds is 5. The molecule has 1 aromatic heterocycles. The van der Waals surface area contributed by atoms with Crippen LogP contribution in [-0.4, -0.2) is 27.9 Å². The third kappa shape index (κ3) is 4.32. The van der Waals surface area contributed by atoms with Gasteiger partial charge in [-0.05, 0) is 38.0 Å². The van der Waals surface area contributed by atoms with Gasteiger partial charge < -0.3 is 10.2 Å². The van der Waals surface area contributed by atoms with Crippen LogP contribution in [0.15, 0.2) is 42.7 Å². The molecule has 1 aromatic carbocycles. The van der Waals surface area contributed by atoms with Crippen LogP contribution in [0.5, 0.6) is 0 Å². The highest BCUT2D eigenvalue weighted by molar-refractivity contribution is 5.75. The van der Waals surface area contributed by atoms with Gasteiger partial charge in [-0.25, -0.2) is 4.79 Å². The number of aryl methyl sites for hydroxylation is 1. The minimum Gasteiger partial charge on any atom is -0.331 e. The van der Waals surface area contributed by atoms with Crippen LogP contribution in [0.2, 0.25) is 0 Å². The van der Waals surface area contributed by atoms with Gasteiger partial charge in [0.2, 0.25) is 0 Å². The topological polar surface area (TPSA) is 88.4 Å². The number of urea groups is 1. The lowest BCUT2D eigenvalue weighted by Gasteiger charge is -2.27. The zero-order chi connectivity index (χ0) is 18.6. The Labute approximate surface area is 146 Å². The fourth-order valence-corrected chi connectivity index (χ4v) is 2.49. The third-order valence-corrected chi connectivity index (χ3v) is 4.34. The number of nitrogens with zero attached hydrogens (tertiary/aromatic N) is 3. The number of hydrogen-bond donors (Lipinski definition) is 1. The molecule has 0 saturated carbocycles. The van der Waals surface area contributed by atoms with Crippen molar-refractivity contribution in [1.29, 1.82) is 0 Å². The summed E-state index contributed by atoms with van der Waals surface area (Å²) in [5, 5.41) is 14.0. The summed E-state index contributed by atoms with van der Waals surface area (Å²) in [4.78, 5) is 28.8. The van der Waals surface area contributed by atoms with Gasteiger partial charge in [-0.1, -0.05) is 18.2 Å². The molecule has 0 saturated heterocycles. The summed E-state index contributed by atoms with van der Waals surface area (Å²) >= 11 is 0. The lowest BCUT2D eigenvalue weighted by Crippen LogP contribution is -2.40. The number of nitrogens with one attached hydrogen (secondary N) is 1. The van der Waals surface area contributed by atoms with Crippen LogP contribution in [0, 0.1) is 17.0 Å². The van der Waals surface area contributed by atoms with E-state index in [1.807, 2.05) is 19.1 Å². The second-order valence-corrected chi connectivity index (χ2v) is 6.05. The number of nitro groups is 1. The number of carbonyl (C=O) groups is 1. The molecule has 0 aliphatic heterocycles. The molecule has 0 radical (unpaired) electrons. The van der Waals surface area contributed by atoms with Crippen LogP contribution in [-0.2, 0) is 0 Å². The number of pyridine rings is 1. The van der Waals surface area contributed by atoms with Crippen LogP contribution >= 0.6 is 0 Å². The summed E-state index contributed by atoms with van der Waals surface area (Å²) < 4.78 is 0. The average Bonchev–Trinajstić information content (AvgIpc) is 2.61. The minimum absolute atomic E-state index is 0.0516. The fourth-order valence-electron chi connectivity index (χ4n) is 2.49. The van der Waals surface area contributed by atoms with Crippen molar-refractivity contribution < 1.29 is 9.72 Å². The predicted octanol–water partition coefficient (Wildman–Crippen LogP) is 3.76. The molecule has 7 heteroatoms. The maximum Gasteiger partial charge on any atom is 0.318 e. The lowest BCUT2D eigenvalue weighted by atomic mass is 10.0. The van der Waals surface area contributed by atoms with Crippen LogP contribution in [0.3, 0.4) is 0 Å². The molecular formula is C18H22N4O3. The smallest absolute Gasteiger partial charge is 0.318 e. The molecule has 2 aromatic rings. The van der Waals surface area contributed by atoms with Gasteiger partial charge in [0.15, 0.2) is 0 Å². The van der Waals surface area contributed by atoms with Crippen LogP contribution in [0.1, 0.15) is 42.6 Å². The van der Waals surface area contributed by atoms with Gasteiger partial charge in [-0.3, -0.25) is 15.1 Å². The first-order chi connectivity index (χ1) is 11.8. The molecule has 132 valence electrons. The molecule has 0 fully saturated rings. The highest BCUT2D eigenvalue weighted by Crippen LogP contribution is 2.24. The van der Waals surface area contributed by atoms with Crippen molar-refractivity contribution in [2.45, 2.75) is 32.9 Å². The molecule has 0 aliphatic rings. The molecule has 1 heterocycles. The first-order valence-corrected chi connectivity index (χ1v) is 7.99. The van der Waals surface area contributed by atoms with Crippen molar-refractivity contribution in [2.24, 2.45) is 0 Å². The number of nitro benzene ring substituents is 1. The van der Waals surface area contributed by atoms with E-state index in [0.717, 1.165) is 5.56 Å². The van der Waals surface area contributed by atoms with Gasteiger partial charge in [0.05, 0.1) is 17.0 Å². The molecule has 2 atom stereocenters. The van der Waals surface area contributed by atoms with Gasteiger partial charge >= 0.3 is 6.03 Å². The van der Waals surface area contributed by atoms with Gasteiger partial charge in [-0.15, -0.1) is 0 Å². The summed E-state index contributed by atoms with van der Waals surface area (Å²) in [7, 11) is 1.71. The molecule has 0 unspecified atom stereocenters. The van der Waals surface area contributed by atoms with Crippen molar-refractivity contribution in [1.82, 2.24) is 15.2 Å². The molecule has 0 spiro atoms. The molecule has 0 bridgehead atoms. The fraction of sp³-hybridized carbons (Fsp3) is 0.333. The van der Waals surface area contributed by atoms with Crippen LogP contribution in [0.25, 0.3) is 0 Å². The Morgan fingerprint density at radius 1 is 1.28 bits per heavy atom. The van der Waals surface area contributed by atoms with E-state index in [1.54, 1.807) is 50.3 Å². The maximum atomic E-state index is 12.5. The van der Waals surface area contributed by atoms with Crippen molar-refractivity contribution in [3.05, 3.63) is 69.5 Å². The molecular weight excluding hydrogens is 320 g/mol. The number of aromatic nitrogens is 1. The molecule has 2 rings (SSSR count). The van der Waals surface area contributed by atoms with Crippen LogP contribution in [0.4, 0.5) is 10.5 Å². The summed E-state index contributed by atoms with van der Waals surface area (Å²) in [6.07, 6.45) is 3.41. The summed E-state index contributed by atoms with van der Waals surface area (Å²) in [6.45, 7) is 5.40. The third-order valence-electron chi connectivity index (χ3n) is 4.34. The highest BCUT2D eigenvalue weighted by Gasteiger charge is 2.21. The Morgan fingerprint density at radius 2 is 2.00 bits per heavy atom. The minimum atomic E-state index is -0.413. The summed E-state index contributed by atoms with van der Waals surface area (Å²) in [5.74, 6) is 0. The first-order valence-electron chi connectivity index (χ1n) is 7.99. The lowest BCUT2D eigenvalue weighted by molar-refractivity contribution is -0.385. The Balaban J connectivity index is 2.09. The number of amides is 2. The standard InChI is InChI=1S/C18H22N4O3/c1-12-7-8-15(10-17(12)22(24)25)13(2)20-18(23)21(4)14(3)16-6-5-9-19-11-16/h5-11,13-14H,1-4H3,(H,20,23)/t13-,14+/m1/s1. The Kier molecular flexibility index (Phi) is 5.69. The zero-order valence-electron chi connectivity index (χ0n) is 14.8. The Hall–Kier alpha value is -2.96. The van der Waals surface area contributed by atoms with Crippen molar-refractivity contribution in [3.63, 3.8) is 0 Å². The second kappa shape index (κ2) is 7.74. The van der Waals surface area contributed by atoms with E-state index >= 15 is 0 Å². The number of carbonyl (C=O) groups excluding carboxylic acids is 1. The number of hydrogen-bond acceptors (Lipinski definition) is 4. The molecule has 0 aliphatic carbocycles. The molecule has 1 N–H and O–H groups in total. The second-order valence-electron chi connectivity index (χ2n) is 6.05. The van der Waals surface area contributed by atoms with Gasteiger partial charge in [0, 0.05) is 31.1 Å². The van der Waals surface area contributed by atoms with Gasteiger partial charge in [-0.2, -0.15) is 0 Å². The number of benzene rings is 1. The summed E-state index contributed by atoms with van der Waals surface area (Å²) in [5.41, 5.74) is 2.26. The average molecular weight is 342 g/mol. The van der Waals surface area contributed by atoms with Crippen molar-refractivity contribution in [3.8, 4) is 0 Å². The van der Waals surface area contributed by atoms with Crippen molar-refractivity contribution in [2.75, 3.05) is 7.05 Å². The van der Waals surface area contributed by atoms with E-state index in [9.17, 15) is 14.9 Å². The summed E-state index contributed by atoms with van der Waals surface area (Å²) in [6, 6.07) is 7.97. The monoisotopic (exact) mass is 342 g/mol. The first kappa shape index (κ1) is 18.4. The highest BCUT2D eigenvalue weighted by atomic mass is 16.6. The van der Waals surface area contributed by atoms with E-state index in [1.165, 1.54) is 6.07 Å². The largest absolute Gasteiger partial charge is 0.331 e. The zero-order valence-corrected chi connectivity index (χ0v) is 14.8. The van der Waals surface area contributed by atoms with E-state index < -0.39 is 4.92 Å². The molecule has 25 heavy (non-hydrogen) atoms. The van der Waals surface area contributed by atoms with Gasteiger partial charge in [0.1, 0.15) is 0 Å². The Morgan fingerprint density at radius 3 is 2.60 bits per heavy atom. The van der Waals surface area contributed by atoms with E-state index in [4.69, 9.17) is 0 Å². The maximum absolute atomic E-state index is 12.5. The predicted molar refractivity (Wildman–Crippen MR) is 95.2 cm³/mol. The Bertz CT molecular complexity index is 764.